The van der Waals surface area contributed by atoms with Crippen LogP contribution in [0.4, 0.5) is 0 Å². The summed E-state index contributed by atoms with van der Waals surface area (Å²) >= 11 is 0. The summed E-state index contributed by atoms with van der Waals surface area (Å²) < 4.78 is 24.1. The normalized spacial score (nSPS) is 34.2. The van der Waals surface area contributed by atoms with Crippen LogP contribution in [0.15, 0.2) is 42.5 Å². The van der Waals surface area contributed by atoms with Crippen LogP contribution in [-0.2, 0) is 25.3 Å². The highest BCUT2D eigenvalue weighted by Crippen LogP contribution is 2.45. The van der Waals surface area contributed by atoms with Crippen molar-refractivity contribution >= 4 is 24.6 Å². The molecule has 1 aromatic rings. The molecule has 1 aromatic carbocycles. The monoisotopic (exact) mass is 464 g/mol. The van der Waals surface area contributed by atoms with Crippen molar-refractivity contribution in [3.8, 4) is 0 Å². The minimum atomic E-state index is -0.657. The summed E-state index contributed by atoms with van der Waals surface area (Å²) in [5.74, 6) is 0.492. The van der Waals surface area contributed by atoms with Crippen molar-refractivity contribution in [2.45, 2.75) is 75.8 Å². The molecule has 0 spiro atoms. The molecule has 2 aliphatic heterocycles. The molecule has 3 aliphatic rings. The number of hydrogen-bond acceptors (Lipinski definition) is 5. The Kier molecular flexibility index (Phi) is 9.00. The summed E-state index contributed by atoms with van der Waals surface area (Å²) in [7, 11) is 5.37. The number of aliphatic hydroxyl groups excluding tert-OH is 1. The van der Waals surface area contributed by atoms with Crippen LogP contribution in [0, 0.1) is 11.8 Å². The van der Waals surface area contributed by atoms with Crippen molar-refractivity contribution in [3.05, 3.63) is 48.0 Å². The largest absolute Gasteiger partial charge is 0.424 e. The fourth-order valence-electron chi connectivity index (χ4n) is 5.08. The standard InChI is InChI=1S/C23H35BO5P2/c25-22-14-19-18(21(29-24(30)31)15-20(19)28-22)12-11-17(27-23-8-4-5-13-26-23)10-9-16-6-2-1-3-7-16/h1-3,6-7,11-12,17-23,25H,4-5,8-10,13-15,30-31H2/t17-,18+,19+,20-,21+,22?,23?/m0/s1. The zero-order valence-electron chi connectivity index (χ0n) is 18.1. The second kappa shape index (κ2) is 11.7. The van der Waals surface area contributed by atoms with E-state index in [2.05, 4.69) is 54.7 Å². The first kappa shape index (κ1) is 23.8. The lowest BCUT2D eigenvalue weighted by atomic mass is 9.90. The zero-order valence-corrected chi connectivity index (χ0v) is 20.4. The van der Waals surface area contributed by atoms with E-state index in [-0.39, 0.29) is 42.8 Å². The molecule has 0 aromatic heterocycles. The van der Waals surface area contributed by atoms with Gasteiger partial charge in [0.05, 0.1) is 18.3 Å². The molecule has 2 saturated heterocycles. The Morgan fingerprint density at radius 3 is 2.77 bits per heavy atom. The lowest BCUT2D eigenvalue weighted by molar-refractivity contribution is -0.179. The van der Waals surface area contributed by atoms with E-state index < -0.39 is 6.29 Å². The number of hydrogen-bond donors (Lipinski definition) is 1. The predicted molar refractivity (Wildman–Crippen MR) is 130 cm³/mol. The van der Waals surface area contributed by atoms with Crippen LogP contribution in [0.5, 0.6) is 0 Å². The van der Waals surface area contributed by atoms with Crippen LogP contribution in [0.3, 0.4) is 0 Å². The predicted octanol–water partition coefficient (Wildman–Crippen LogP) is 3.95. The third kappa shape index (κ3) is 6.84. The van der Waals surface area contributed by atoms with Crippen LogP contribution < -0.4 is 0 Å². The van der Waals surface area contributed by atoms with Crippen LogP contribution in [-0.4, -0.2) is 49.0 Å². The molecule has 9 atom stereocenters. The SMILES string of the molecule is OC1C[C@@H]2[C@@H](C=C[C@H](CCc3ccccc3)OC3CCCCO3)[C@H](OB(P)P)C[C@@H]2O1. The Labute approximate surface area is 191 Å². The van der Waals surface area contributed by atoms with Crippen LogP contribution >= 0.6 is 18.2 Å². The minimum Gasteiger partial charge on any atom is -0.424 e. The molecule has 8 heteroatoms. The third-order valence-corrected chi connectivity index (χ3v) is 6.89. The first-order valence-corrected chi connectivity index (χ1v) is 12.9. The molecule has 3 fully saturated rings. The summed E-state index contributed by atoms with van der Waals surface area (Å²) in [6.07, 6.45) is 10.4. The smallest absolute Gasteiger partial charge is 0.336 e. The quantitative estimate of drug-likeness (QED) is 0.341. The summed E-state index contributed by atoms with van der Waals surface area (Å²) in [6, 6.07) is 10.5. The van der Waals surface area contributed by atoms with Crippen molar-refractivity contribution in [1.29, 1.82) is 0 Å². The molecule has 4 unspecified atom stereocenters. The van der Waals surface area contributed by atoms with Gasteiger partial charge in [-0.1, -0.05) is 42.5 Å². The van der Waals surface area contributed by atoms with Gasteiger partial charge in [-0.25, -0.2) is 0 Å². The Morgan fingerprint density at radius 1 is 1.19 bits per heavy atom. The second-order valence-electron chi connectivity index (χ2n) is 8.86. The summed E-state index contributed by atoms with van der Waals surface area (Å²) in [5, 5.41) is 9.99. The van der Waals surface area contributed by atoms with Gasteiger partial charge in [0, 0.05) is 18.9 Å². The maximum Gasteiger partial charge on any atom is 0.336 e. The maximum atomic E-state index is 9.99. The Morgan fingerprint density at radius 2 is 2.03 bits per heavy atom. The number of fused-ring (bicyclic) bond motifs is 1. The van der Waals surface area contributed by atoms with E-state index in [1.165, 1.54) is 5.56 Å². The average molecular weight is 464 g/mol. The molecule has 2 heterocycles. The average Bonchev–Trinajstić information content (AvgIpc) is 3.26. The lowest BCUT2D eigenvalue weighted by Gasteiger charge is -2.27. The molecule has 0 radical (unpaired) electrons. The molecule has 4 rings (SSSR count). The van der Waals surface area contributed by atoms with Gasteiger partial charge in [0.15, 0.2) is 12.6 Å². The highest BCUT2D eigenvalue weighted by atomic mass is 31.1. The van der Waals surface area contributed by atoms with Gasteiger partial charge in [-0.3, -0.25) is 0 Å². The fourth-order valence-corrected chi connectivity index (χ4v) is 5.49. The fraction of sp³-hybridized carbons (Fsp3) is 0.652. The molecule has 31 heavy (non-hydrogen) atoms. The number of aliphatic hydroxyl groups is 1. The molecule has 1 saturated carbocycles. The highest BCUT2D eigenvalue weighted by molar-refractivity contribution is 7.92. The van der Waals surface area contributed by atoms with Crippen molar-refractivity contribution in [2.24, 2.45) is 11.8 Å². The van der Waals surface area contributed by atoms with E-state index in [0.717, 1.165) is 45.1 Å². The van der Waals surface area contributed by atoms with Gasteiger partial charge in [-0.05, 0) is 50.0 Å². The van der Waals surface area contributed by atoms with E-state index >= 15 is 0 Å². The van der Waals surface area contributed by atoms with Crippen molar-refractivity contribution in [1.82, 2.24) is 0 Å². The topological polar surface area (TPSA) is 57.2 Å². The summed E-state index contributed by atoms with van der Waals surface area (Å²) in [5.41, 5.74) is 1.32. The summed E-state index contributed by atoms with van der Waals surface area (Å²) in [6.45, 7) is 0.779. The van der Waals surface area contributed by atoms with E-state index in [4.69, 9.17) is 18.9 Å². The number of aryl methyl sites for hydroxylation is 1. The van der Waals surface area contributed by atoms with E-state index in [0.29, 0.717) is 6.42 Å². The first-order valence-electron chi connectivity index (χ1n) is 11.6. The van der Waals surface area contributed by atoms with Crippen LogP contribution in [0.25, 0.3) is 0 Å². The molecule has 0 bridgehead atoms. The lowest BCUT2D eigenvalue weighted by Crippen LogP contribution is -2.28. The molecular formula is C23H35BO5P2. The van der Waals surface area contributed by atoms with Gasteiger partial charge in [-0.15, -0.1) is 18.2 Å². The van der Waals surface area contributed by atoms with Crippen molar-refractivity contribution < 1.29 is 24.0 Å². The molecular weight excluding hydrogens is 429 g/mol. The Balaban J connectivity index is 1.44. The summed E-state index contributed by atoms with van der Waals surface area (Å²) in [4.78, 5) is 0. The zero-order chi connectivity index (χ0) is 21.6. The highest BCUT2D eigenvalue weighted by Gasteiger charge is 2.49. The maximum absolute atomic E-state index is 9.99. The van der Waals surface area contributed by atoms with Gasteiger partial charge >= 0.3 is 6.35 Å². The van der Waals surface area contributed by atoms with Gasteiger partial charge < -0.3 is 24.0 Å². The second-order valence-corrected chi connectivity index (χ2v) is 10.9. The van der Waals surface area contributed by atoms with E-state index in [1.54, 1.807) is 0 Å². The number of rotatable bonds is 9. The van der Waals surface area contributed by atoms with Gasteiger partial charge in [0.2, 0.25) is 0 Å². The molecule has 5 nitrogen and oxygen atoms in total. The Bertz CT molecular complexity index is 700. The van der Waals surface area contributed by atoms with E-state index in [1.807, 2.05) is 6.07 Å². The molecule has 170 valence electrons. The number of benzene rings is 1. The third-order valence-electron chi connectivity index (χ3n) is 6.58. The van der Waals surface area contributed by atoms with Gasteiger partial charge in [0.25, 0.3) is 0 Å². The molecule has 1 aliphatic carbocycles. The van der Waals surface area contributed by atoms with Crippen LogP contribution in [0.1, 0.15) is 44.1 Å². The number of ether oxygens (including phenoxy) is 3. The van der Waals surface area contributed by atoms with Gasteiger partial charge in [-0.2, -0.15) is 0 Å². The minimum absolute atomic E-state index is 0.00502. The van der Waals surface area contributed by atoms with Gasteiger partial charge in [0.1, 0.15) is 0 Å². The Hall–Kier alpha value is -0.315. The first-order chi connectivity index (χ1) is 15.1. The molecule has 0 amide bonds. The molecule has 1 N–H and O–H groups in total. The van der Waals surface area contributed by atoms with Crippen molar-refractivity contribution in [2.75, 3.05) is 6.61 Å². The van der Waals surface area contributed by atoms with Crippen molar-refractivity contribution in [3.63, 3.8) is 0 Å². The van der Waals surface area contributed by atoms with E-state index in [9.17, 15) is 5.11 Å². The van der Waals surface area contributed by atoms with Crippen LogP contribution in [0.2, 0.25) is 0 Å².